The van der Waals surface area contributed by atoms with Gasteiger partial charge >= 0.3 is 18.9 Å². The van der Waals surface area contributed by atoms with Crippen molar-refractivity contribution in [2.24, 2.45) is 0 Å². The fourth-order valence-electron chi connectivity index (χ4n) is 2.04. The average Bonchev–Trinajstić information content (AvgIpc) is 2.39. The van der Waals surface area contributed by atoms with E-state index < -0.39 is 0 Å². The molecule has 0 fully saturated rings. The van der Waals surface area contributed by atoms with E-state index in [1.807, 2.05) is 56.3 Å². The molecule has 0 aliphatic carbocycles. The molecule has 0 saturated carbocycles. The summed E-state index contributed by atoms with van der Waals surface area (Å²) in [6.07, 6.45) is 0. The van der Waals surface area contributed by atoms with Crippen LogP contribution in [0.25, 0.3) is 0 Å². The van der Waals surface area contributed by atoms with Gasteiger partial charge in [0, 0.05) is 5.56 Å². The molecular weight excluding hydrogens is 262 g/mol. The van der Waals surface area contributed by atoms with Gasteiger partial charge in [0.05, 0.1) is 7.11 Å². The quantitative estimate of drug-likeness (QED) is 0.636. The molecule has 0 radical (unpaired) electrons. The Morgan fingerprint density at radius 3 is 2.05 bits per heavy atom. The first-order chi connectivity index (χ1) is 9.11. The Bertz CT molecular complexity index is 574. The van der Waals surface area contributed by atoms with Crippen molar-refractivity contribution in [2.45, 2.75) is 13.8 Å². The van der Waals surface area contributed by atoms with Crippen LogP contribution < -0.4 is 10.0 Å². The zero-order chi connectivity index (χ0) is 13.8. The standard InChI is InChI=1S/C16H17O2P.Li.H/c1-11-5-4-6-12(2)15(11)16(17)19-14-9-7-13(18-3)8-10-14;;/h4-10,19H,1-3H3;;. The molecule has 0 N–H and O–H groups in total. The van der Waals surface area contributed by atoms with Crippen LogP contribution in [0.4, 0.5) is 0 Å². The molecule has 0 bridgehead atoms. The number of hydrogen-bond donors (Lipinski definition) is 0. The van der Waals surface area contributed by atoms with Gasteiger partial charge in [0.25, 0.3) is 0 Å². The van der Waals surface area contributed by atoms with Crippen LogP contribution in [0.5, 0.6) is 5.75 Å². The number of rotatable bonds is 4. The Hall–Kier alpha value is -1.06. The predicted molar refractivity (Wildman–Crippen MR) is 88.3 cm³/mol. The third-order valence-corrected chi connectivity index (χ3v) is 4.16. The Morgan fingerprint density at radius 1 is 1.00 bits per heavy atom. The summed E-state index contributed by atoms with van der Waals surface area (Å²) in [5.74, 6) is 0.813. The van der Waals surface area contributed by atoms with Gasteiger partial charge in [-0.3, -0.25) is 4.79 Å². The van der Waals surface area contributed by atoms with Gasteiger partial charge in [-0.05, 0) is 51.0 Å². The van der Waals surface area contributed by atoms with Crippen molar-refractivity contribution >= 4 is 38.3 Å². The Kier molecular flexibility index (Phi) is 6.50. The molecule has 1 unspecified atom stereocenters. The van der Waals surface area contributed by atoms with Crippen LogP contribution in [0.2, 0.25) is 0 Å². The fraction of sp³-hybridized carbons (Fsp3) is 0.188. The van der Waals surface area contributed by atoms with E-state index in [2.05, 4.69) is 0 Å². The Labute approximate surface area is 133 Å². The van der Waals surface area contributed by atoms with Crippen LogP contribution in [-0.4, -0.2) is 31.5 Å². The third kappa shape index (κ3) is 3.97. The fourth-order valence-corrected chi connectivity index (χ4v) is 3.16. The zero-order valence-corrected chi connectivity index (χ0v) is 12.4. The molecule has 0 aliphatic rings. The van der Waals surface area contributed by atoms with E-state index in [9.17, 15) is 4.79 Å². The molecule has 100 valence electrons. The number of ether oxygens (including phenoxy) is 1. The van der Waals surface area contributed by atoms with E-state index in [4.69, 9.17) is 4.74 Å². The summed E-state index contributed by atoms with van der Waals surface area (Å²) < 4.78 is 5.12. The molecule has 0 aromatic heterocycles. The summed E-state index contributed by atoms with van der Waals surface area (Å²) in [4.78, 5) is 12.4. The first-order valence-corrected chi connectivity index (χ1v) is 7.13. The maximum atomic E-state index is 12.4. The third-order valence-electron chi connectivity index (χ3n) is 3.06. The monoisotopic (exact) mass is 280 g/mol. The van der Waals surface area contributed by atoms with Crippen molar-refractivity contribution in [2.75, 3.05) is 7.11 Å². The number of hydrogen-bond acceptors (Lipinski definition) is 2. The predicted octanol–water partition coefficient (Wildman–Crippen LogP) is 2.81. The normalized spacial score (nSPS) is 10.3. The Morgan fingerprint density at radius 2 is 1.55 bits per heavy atom. The summed E-state index contributed by atoms with van der Waals surface area (Å²) in [5.41, 5.74) is 3.15. The van der Waals surface area contributed by atoms with E-state index in [1.54, 1.807) is 7.11 Å². The second-order valence-electron chi connectivity index (χ2n) is 4.45. The number of aryl methyl sites for hydroxylation is 2. The van der Waals surface area contributed by atoms with Crippen molar-refractivity contribution in [3.05, 3.63) is 59.2 Å². The summed E-state index contributed by atoms with van der Waals surface area (Å²) in [6, 6.07) is 13.6. The molecule has 20 heavy (non-hydrogen) atoms. The van der Waals surface area contributed by atoms with Crippen molar-refractivity contribution in [1.29, 1.82) is 0 Å². The van der Waals surface area contributed by atoms with Crippen LogP contribution in [0.1, 0.15) is 21.5 Å². The molecular formula is C16H18LiO2P. The van der Waals surface area contributed by atoms with E-state index in [1.165, 1.54) is 0 Å². The number of carbonyl (C=O) groups excluding carboxylic acids is 1. The zero-order valence-electron chi connectivity index (χ0n) is 11.4. The Balaban J connectivity index is 0.00000200. The molecule has 4 heteroatoms. The topological polar surface area (TPSA) is 26.3 Å². The van der Waals surface area contributed by atoms with Crippen LogP contribution >= 0.6 is 8.58 Å². The van der Waals surface area contributed by atoms with Gasteiger partial charge in [-0.1, -0.05) is 30.3 Å². The minimum absolute atomic E-state index is 0. The summed E-state index contributed by atoms with van der Waals surface area (Å²) in [5, 5.41) is 1.04. The van der Waals surface area contributed by atoms with Gasteiger partial charge in [0.1, 0.15) is 5.75 Å². The second kappa shape index (κ2) is 7.65. The van der Waals surface area contributed by atoms with E-state index in [0.29, 0.717) is 0 Å². The first-order valence-electron chi connectivity index (χ1n) is 6.13. The first kappa shape index (κ1) is 17.0. The van der Waals surface area contributed by atoms with Gasteiger partial charge in [-0.2, -0.15) is 0 Å². The van der Waals surface area contributed by atoms with Gasteiger partial charge in [0.15, 0.2) is 5.52 Å². The van der Waals surface area contributed by atoms with Crippen molar-refractivity contribution < 1.29 is 9.53 Å². The SMILES string of the molecule is COc1ccc(PC(=O)c2c(C)cccc2C)cc1.[LiH]. The molecule has 2 nitrogen and oxygen atoms in total. The van der Waals surface area contributed by atoms with E-state index in [0.717, 1.165) is 27.7 Å². The van der Waals surface area contributed by atoms with Gasteiger partial charge in [-0.15, -0.1) is 0 Å². The van der Waals surface area contributed by atoms with Crippen molar-refractivity contribution in [1.82, 2.24) is 0 Å². The molecule has 0 saturated heterocycles. The molecule has 0 heterocycles. The number of carbonyl (C=O) groups is 1. The van der Waals surface area contributed by atoms with E-state index in [-0.39, 0.29) is 33.0 Å². The maximum absolute atomic E-state index is 12.4. The van der Waals surface area contributed by atoms with Crippen LogP contribution in [0.15, 0.2) is 42.5 Å². The van der Waals surface area contributed by atoms with Crippen molar-refractivity contribution in [3.8, 4) is 5.75 Å². The van der Waals surface area contributed by atoms with Crippen LogP contribution in [-0.2, 0) is 0 Å². The second-order valence-corrected chi connectivity index (χ2v) is 5.73. The summed E-state index contributed by atoms with van der Waals surface area (Å²) >= 11 is 0. The number of methoxy groups -OCH3 is 1. The molecule has 0 spiro atoms. The average molecular weight is 280 g/mol. The molecule has 1 atom stereocenters. The molecule has 0 amide bonds. The van der Waals surface area contributed by atoms with Crippen LogP contribution in [0, 0.1) is 13.8 Å². The van der Waals surface area contributed by atoms with Crippen molar-refractivity contribution in [3.63, 3.8) is 0 Å². The van der Waals surface area contributed by atoms with Gasteiger partial charge < -0.3 is 4.74 Å². The summed E-state index contributed by atoms with van der Waals surface area (Å²) in [7, 11) is 1.79. The molecule has 2 aromatic rings. The van der Waals surface area contributed by atoms with Gasteiger partial charge in [-0.25, -0.2) is 0 Å². The molecule has 2 rings (SSSR count). The number of benzene rings is 2. The minimum atomic E-state index is 0. The van der Waals surface area contributed by atoms with Crippen LogP contribution in [0.3, 0.4) is 0 Å². The summed E-state index contributed by atoms with van der Waals surface area (Å²) in [6.45, 7) is 3.97. The molecule has 0 aliphatic heterocycles. The molecule has 2 aromatic carbocycles. The van der Waals surface area contributed by atoms with Gasteiger partial charge in [0.2, 0.25) is 0 Å². The van der Waals surface area contributed by atoms with E-state index >= 15 is 0 Å².